The monoisotopic (exact) mass is 478 g/mol. The Hall–Kier alpha value is -3.62. The summed E-state index contributed by atoms with van der Waals surface area (Å²) in [6.45, 7) is 8.91. The molecule has 1 amide bonds. The molecule has 0 radical (unpaired) electrons. The zero-order chi connectivity index (χ0) is 25.1. The lowest BCUT2D eigenvalue weighted by Crippen LogP contribution is -2.41. The summed E-state index contributed by atoms with van der Waals surface area (Å²) in [5, 5.41) is 5.64. The van der Waals surface area contributed by atoms with Crippen LogP contribution in [0.4, 0.5) is 0 Å². The summed E-state index contributed by atoms with van der Waals surface area (Å²) < 4.78 is 1.98. The van der Waals surface area contributed by atoms with E-state index < -0.39 is 0 Å². The Morgan fingerprint density at radius 3 is 2.61 bits per heavy atom. The van der Waals surface area contributed by atoms with Crippen LogP contribution in [0.2, 0.25) is 0 Å². The number of piperidine rings is 1. The van der Waals surface area contributed by atoms with E-state index in [-0.39, 0.29) is 17.9 Å². The molecule has 1 fully saturated rings. The van der Waals surface area contributed by atoms with Crippen LogP contribution in [0.1, 0.15) is 56.3 Å². The van der Waals surface area contributed by atoms with Gasteiger partial charge < -0.3 is 9.72 Å². The van der Waals surface area contributed by atoms with Crippen molar-refractivity contribution in [2.45, 2.75) is 46.2 Å². The van der Waals surface area contributed by atoms with Crippen LogP contribution in [0.5, 0.6) is 0 Å². The van der Waals surface area contributed by atoms with E-state index in [1.807, 2.05) is 28.9 Å². The minimum absolute atomic E-state index is 0.0656. The number of carbonyl (C=O) groups excluding carboxylic acids is 1. The summed E-state index contributed by atoms with van der Waals surface area (Å²) in [6.07, 6.45) is 7.40. The molecule has 0 aliphatic carbocycles. The highest BCUT2D eigenvalue weighted by atomic mass is 16.1. The van der Waals surface area contributed by atoms with E-state index >= 15 is 0 Å². The van der Waals surface area contributed by atoms with Crippen molar-refractivity contribution in [3.05, 3.63) is 83.9 Å². The van der Waals surface area contributed by atoms with Crippen LogP contribution in [0, 0.1) is 23.7 Å². The summed E-state index contributed by atoms with van der Waals surface area (Å²) in [5.74, 6) is 7.25. The highest BCUT2D eigenvalue weighted by Crippen LogP contribution is 2.32. The normalized spacial score (nSPS) is 15.7. The highest BCUT2D eigenvalue weighted by Gasteiger charge is 2.28. The van der Waals surface area contributed by atoms with Gasteiger partial charge in [-0.25, -0.2) is 4.98 Å². The first-order valence-electron chi connectivity index (χ1n) is 12.9. The first kappa shape index (κ1) is 24.1. The second-order valence-electron chi connectivity index (χ2n) is 10.1. The van der Waals surface area contributed by atoms with Gasteiger partial charge in [-0.05, 0) is 66.9 Å². The van der Waals surface area contributed by atoms with E-state index in [9.17, 15) is 4.79 Å². The standard InChI is InChI=1S/C31H34N4O/c1-22(2)8-10-25-11-13-28(30-7-5-4-6-29(25)30)23(3)34-16-14-26(15-17-34)31(36)33-18-24-9-12-27-19-32-21-35(27)20-24/h4-7,9,11-13,19-23,26H,14-18H2,1-3H3,(H,33,36). The predicted molar refractivity (Wildman–Crippen MR) is 145 cm³/mol. The van der Waals surface area contributed by atoms with Crippen LogP contribution >= 0.6 is 0 Å². The average Bonchev–Trinajstić information content (AvgIpc) is 3.38. The molecule has 0 spiro atoms. The fourth-order valence-corrected chi connectivity index (χ4v) is 5.17. The van der Waals surface area contributed by atoms with E-state index in [1.54, 1.807) is 6.33 Å². The van der Waals surface area contributed by atoms with E-state index in [1.165, 1.54) is 16.3 Å². The number of nitrogens with one attached hydrogen (secondary N) is 1. The molecule has 36 heavy (non-hydrogen) atoms. The summed E-state index contributed by atoms with van der Waals surface area (Å²) in [7, 11) is 0. The molecular weight excluding hydrogens is 444 g/mol. The first-order chi connectivity index (χ1) is 17.5. The fraction of sp³-hybridized carbons (Fsp3) is 0.355. The minimum atomic E-state index is 0.0656. The first-order valence-corrected chi connectivity index (χ1v) is 12.9. The second-order valence-corrected chi connectivity index (χ2v) is 10.1. The van der Waals surface area contributed by atoms with Crippen LogP contribution < -0.4 is 5.32 Å². The van der Waals surface area contributed by atoms with Crippen molar-refractivity contribution in [1.29, 1.82) is 0 Å². The van der Waals surface area contributed by atoms with Gasteiger partial charge in [0.1, 0.15) is 0 Å². The Morgan fingerprint density at radius 2 is 1.83 bits per heavy atom. The van der Waals surface area contributed by atoms with Gasteiger partial charge in [0.05, 0.1) is 18.0 Å². The average molecular weight is 479 g/mol. The number of hydrogen-bond acceptors (Lipinski definition) is 3. The Kier molecular flexibility index (Phi) is 7.06. The molecule has 5 rings (SSSR count). The van der Waals surface area contributed by atoms with Gasteiger partial charge in [0.15, 0.2) is 0 Å². The van der Waals surface area contributed by atoms with Crippen LogP contribution in [0.15, 0.2) is 67.3 Å². The summed E-state index contributed by atoms with van der Waals surface area (Å²) >= 11 is 0. The Morgan fingerprint density at radius 1 is 1.06 bits per heavy atom. The molecule has 3 heterocycles. The maximum atomic E-state index is 12.9. The number of rotatable bonds is 5. The zero-order valence-electron chi connectivity index (χ0n) is 21.4. The summed E-state index contributed by atoms with van der Waals surface area (Å²) in [4.78, 5) is 19.6. The Balaban J connectivity index is 1.22. The molecule has 1 unspecified atom stereocenters. The molecule has 1 atom stereocenters. The quantitative estimate of drug-likeness (QED) is 0.381. The maximum absolute atomic E-state index is 12.9. The molecule has 0 saturated carbocycles. The lowest BCUT2D eigenvalue weighted by Gasteiger charge is -2.36. The van der Waals surface area contributed by atoms with Crippen LogP contribution in [-0.4, -0.2) is 33.3 Å². The second kappa shape index (κ2) is 10.6. The van der Waals surface area contributed by atoms with E-state index in [2.05, 4.69) is 84.2 Å². The summed E-state index contributed by atoms with van der Waals surface area (Å²) in [6, 6.07) is 17.4. The smallest absolute Gasteiger partial charge is 0.223 e. The van der Waals surface area contributed by atoms with Gasteiger partial charge >= 0.3 is 0 Å². The molecule has 0 bridgehead atoms. The van der Waals surface area contributed by atoms with Crippen LogP contribution in [0.3, 0.4) is 0 Å². The van der Waals surface area contributed by atoms with Crippen molar-refractivity contribution in [2.75, 3.05) is 13.1 Å². The number of imidazole rings is 1. The number of fused-ring (bicyclic) bond motifs is 2. The molecule has 1 aliphatic rings. The predicted octanol–water partition coefficient (Wildman–Crippen LogP) is 5.58. The third-order valence-corrected chi connectivity index (χ3v) is 7.29. The molecule has 2 aromatic heterocycles. The lowest BCUT2D eigenvalue weighted by molar-refractivity contribution is -0.126. The Labute approximate surface area is 213 Å². The SMILES string of the molecule is CC(C)C#Cc1ccc(C(C)N2CCC(C(=O)NCc3ccc4cncn4c3)CC2)c2ccccc12. The highest BCUT2D eigenvalue weighted by molar-refractivity contribution is 5.91. The maximum Gasteiger partial charge on any atom is 0.223 e. The van der Waals surface area contributed by atoms with E-state index in [0.29, 0.717) is 12.5 Å². The van der Waals surface area contributed by atoms with Gasteiger partial charge in [-0.1, -0.05) is 62.1 Å². The molecule has 2 aromatic carbocycles. The van der Waals surface area contributed by atoms with Crippen molar-refractivity contribution < 1.29 is 4.79 Å². The molecule has 4 aromatic rings. The van der Waals surface area contributed by atoms with Gasteiger partial charge in [0.25, 0.3) is 0 Å². The van der Waals surface area contributed by atoms with Crippen molar-refractivity contribution >= 4 is 22.2 Å². The van der Waals surface area contributed by atoms with E-state index in [4.69, 9.17) is 0 Å². The number of amides is 1. The fourth-order valence-electron chi connectivity index (χ4n) is 5.17. The molecule has 1 N–H and O–H groups in total. The van der Waals surface area contributed by atoms with Gasteiger partial charge in [-0.3, -0.25) is 9.69 Å². The number of likely N-dealkylation sites (tertiary alicyclic amines) is 1. The number of hydrogen-bond donors (Lipinski definition) is 1. The molecular formula is C31H34N4O. The van der Waals surface area contributed by atoms with Gasteiger partial charge in [0.2, 0.25) is 5.91 Å². The zero-order valence-corrected chi connectivity index (χ0v) is 21.4. The molecule has 5 nitrogen and oxygen atoms in total. The Bertz CT molecular complexity index is 1430. The molecule has 5 heteroatoms. The number of benzene rings is 2. The third kappa shape index (κ3) is 5.15. The molecule has 1 saturated heterocycles. The minimum Gasteiger partial charge on any atom is -0.352 e. The molecule has 184 valence electrons. The van der Waals surface area contributed by atoms with Crippen molar-refractivity contribution in [2.24, 2.45) is 11.8 Å². The third-order valence-electron chi connectivity index (χ3n) is 7.29. The van der Waals surface area contributed by atoms with Crippen LogP contribution in [-0.2, 0) is 11.3 Å². The largest absolute Gasteiger partial charge is 0.352 e. The molecule has 1 aliphatic heterocycles. The van der Waals surface area contributed by atoms with Crippen molar-refractivity contribution in [3.63, 3.8) is 0 Å². The summed E-state index contributed by atoms with van der Waals surface area (Å²) in [5.41, 5.74) is 4.56. The van der Waals surface area contributed by atoms with Gasteiger partial charge in [-0.2, -0.15) is 0 Å². The number of carbonyl (C=O) groups is 1. The van der Waals surface area contributed by atoms with Gasteiger partial charge in [-0.15, -0.1) is 0 Å². The van der Waals surface area contributed by atoms with Crippen LogP contribution in [0.25, 0.3) is 16.3 Å². The number of aromatic nitrogens is 2. The number of nitrogens with zero attached hydrogens (tertiary/aromatic N) is 3. The topological polar surface area (TPSA) is 49.6 Å². The lowest BCUT2D eigenvalue weighted by atomic mass is 9.91. The number of pyridine rings is 1. The van der Waals surface area contributed by atoms with Crippen molar-refractivity contribution in [1.82, 2.24) is 19.6 Å². The van der Waals surface area contributed by atoms with Gasteiger partial charge in [0, 0.05) is 36.2 Å². The van der Waals surface area contributed by atoms with E-state index in [0.717, 1.165) is 42.6 Å². The van der Waals surface area contributed by atoms with Crippen molar-refractivity contribution in [3.8, 4) is 11.8 Å².